The zero-order chi connectivity index (χ0) is 10.3. The predicted molar refractivity (Wildman–Crippen MR) is 54.9 cm³/mol. The lowest BCUT2D eigenvalue weighted by molar-refractivity contribution is -0.116. The molecular formula is C10H10N4O. The highest BCUT2D eigenvalue weighted by Crippen LogP contribution is 2.34. The Bertz CT molecular complexity index is 454. The van der Waals surface area contributed by atoms with Crippen LogP contribution in [0, 0.1) is 5.92 Å². The SMILES string of the molecule is O=C1NN=C(C2CC2)C1=Cc1ncc[nH]1. The molecule has 0 atom stereocenters. The number of carbonyl (C=O) groups is 1. The summed E-state index contributed by atoms with van der Waals surface area (Å²) in [5.41, 5.74) is 4.02. The van der Waals surface area contributed by atoms with Gasteiger partial charge in [-0.2, -0.15) is 5.10 Å². The molecule has 1 aromatic heterocycles. The molecule has 1 aliphatic heterocycles. The molecule has 76 valence electrons. The van der Waals surface area contributed by atoms with Crippen LogP contribution in [0.15, 0.2) is 23.1 Å². The van der Waals surface area contributed by atoms with Crippen LogP contribution in [0.3, 0.4) is 0 Å². The molecule has 0 spiro atoms. The molecule has 1 saturated carbocycles. The molecule has 1 fully saturated rings. The second-order valence-corrected chi connectivity index (χ2v) is 3.74. The van der Waals surface area contributed by atoms with Gasteiger partial charge in [0.05, 0.1) is 11.3 Å². The maximum Gasteiger partial charge on any atom is 0.273 e. The van der Waals surface area contributed by atoms with Gasteiger partial charge in [-0.05, 0) is 18.9 Å². The lowest BCUT2D eigenvalue weighted by Crippen LogP contribution is -2.13. The summed E-state index contributed by atoms with van der Waals surface area (Å²) in [5, 5.41) is 4.05. The van der Waals surface area contributed by atoms with E-state index in [2.05, 4.69) is 20.5 Å². The van der Waals surface area contributed by atoms with Crippen LogP contribution < -0.4 is 5.43 Å². The van der Waals surface area contributed by atoms with E-state index in [1.807, 2.05) is 0 Å². The average Bonchev–Trinajstić information content (AvgIpc) is 2.82. The highest BCUT2D eigenvalue weighted by molar-refractivity contribution is 6.28. The van der Waals surface area contributed by atoms with Crippen LogP contribution in [0.25, 0.3) is 6.08 Å². The molecule has 15 heavy (non-hydrogen) atoms. The van der Waals surface area contributed by atoms with Gasteiger partial charge in [0, 0.05) is 18.3 Å². The molecule has 2 aliphatic rings. The molecular weight excluding hydrogens is 192 g/mol. The van der Waals surface area contributed by atoms with Crippen molar-refractivity contribution in [3.05, 3.63) is 23.8 Å². The first-order valence-electron chi connectivity index (χ1n) is 4.94. The third-order valence-corrected chi connectivity index (χ3v) is 2.56. The molecule has 0 radical (unpaired) electrons. The van der Waals surface area contributed by atoms with E-state index in [9.17, 15) is 4.79 Å². The Labute approximate surface area is 86.3 Å². The summed E-state index contributed by atoms with van der Waals surface area (Å²) in [6.07, 6.45) is 7.40. The van der Waals surface area contributed by atoms with Crippen LogP contribution in [0.5, 0.6) is 0 Å². The Kier molecular flexibility index (Phi) is 1.71. The Balaban J connectivity index is 1.95. The van der Waals surface area contributed by atoms with Crippen molar-refractivity contribution >= 4 is 17.7 Å². The maximum atomic E-state index is 11.5. The number of hydrazone groups is 1. The fraction of sp³-hybridized carbons (Fsp3) is 0.300. The summed E-state index contributed by atoms with van der Waals surface area (Å²) >= 11 is 0. The van der Waals surface area contributed by atoms with Gasteiger partial charge in [-0.15, -0.1) is 0 Å². The van der Waals surface area contributed by atoms with Gasteiger partial charge in [-0.1, -0.05) is 0 Å². The second-order valence-electron chi connectivity index (χ2n) is 3.74. The van der Waals surface area contributed by atoms with Crippen molar-refractivity contribution in [2.75, 3.05) is 0 Å². The summed E-state index contributed by atoms with van der Waals surface area (Å²) in [7, 11) is 0. The number of rotatable bonds is 2. The smallest absolute Gasteiger partial charge is 0.273 e. The minimum absolute atomic E-state index is 0.131. The Morgan fingerprint density at radius 1 is 1.47 bits per heavy atom. The fourth-order valence-electron chi connectivity index (χ4n) is 1.65. The van der Waals surface area contributed by atoms with Crippen LogP contribution in [0.1, 0.15) is 18.7 Å². The molecule has 1 amide bonds. The average molecular weight is 202 g/mol. The van der Waals surface area contributed by atoms with Crippen LogP contribution in [-0.2, 0) is 4.79 Å². The Hall–Kier alpha value is -1.91. The van der Waals surface area contributed by atoms with Gasteiger partial charge in [0.25, 0.3) is 5.91 Å². The number of nitrogens with one attached hydrogen (secondary N) is 2. The van der Waals surface area contributed by atoms with Gasteiger partial charge in [-0.25, -0.2) is 10.4 Å². The molecule has 2 heterocycles. The Morgan fingerprint density at radius 2 is 2.33 bits per heavy atom. The molecule has 5 nitrogen and oxygen atoms in total. The first kappa shape index (κ1) is 8.40. The van der Waals surface area contributed by atoms with E-state index in [4.69, 9.17) is 0 Å². The van der Waals surface area contributed by atoms with Crippen molar-refractivity contribution in [2.24, 2.45) is 11.0 Å². The Morgan fingerprint density at radius 3 is 3.00 bits per heavy atom. The number of hydrogen-bond donors (Lipinski definition) is 2. The molecule has 0 bridgehead atoms. The normalized spacial score (nSPS) is 23.1. The van der Waals surface area contributed by atoms with E-state index < -0.39 is 0 Å². The van der Waals surface area contributed by atoms with Gasteiger partial charge in [0.2, 0.25) is 0 Å². The molecule has 0 aromatic carbocycles. The topological polar surface area (TPSA) is 70.1 Å². The minimum Gasteiger partial charge on any atom is -0.345 e. The number of aromatic nitrogens is 2. The molecule has 1 aromatic rings. The van der Waals surface area contributed by atoms with Gasteiger partial charge >= 0.3 is 0 Å². The number of aromatic amines is 1. The van der Waals surface area contributed by atoms with Gasteiger partial charge in [0.1, 0.15) is 5.82 Å². The molecule has 0 saturated heterocycles. The van der Waals surface area contributed by atoms with Crippen molar-refractivity contribution in [2.45, 2.75) is 12.8 Å². The molecule has 1 aliphatic carbocycles. The van der Waals surface area contributed by atoms with E-state index in [1.54, 1.807) is 18.5 Å². The van der Waals surface area contributed by atoms with Gasteiger partial charge < -0.3 is 4.98 Å². The fourth-order valence-corrected chi connectivity index (χ4v) is 1.65. The number of nitrogens with zero attached hydrogens (tertiary/aromatic N) is 2. The number of imidazole rings is 1. The maximum absolute atomic E-state index is 11.5. The van der Waals surface area contributed by atoms with Crippen molar-refractivity contribution in [1.29, 1.82) is 0 Å². The largest absolute Gasteiger partial charge is 0.345 e. The van der Waals surface area contributed by atoms with Gasteiger partial charge in [0.15, 0.2) is 0 Å². The van der Waals surface area contributed by atoms with E-state index in [0.717, 1.165) is 18.6 Å². The summed E-state index contributed by atoms with van der Waals surface area (Å²) in [6, 6.07) is 0. The molecule has 0 unspecified atom stereocenters. The standard InChI is InChI=1S/C10H10N4O/c15-10-7(5-8-11-3-4-12-8)9(13-14-10)6-1-2-6/h3-6H,1-2H2,(H,11,12)(H,14,15). The van der Waals surface area contributed by atoms with E-state index in [-0.39, 0.29) is 5.91 Å². The zero-order valence-corrected chi connectivity index (χ0v) is 8.03. The third kappa shape index (κ3) is 1.45. The lowest BCUT2D eigenvalue weighted by Gasteiger charge is -1.96. The summed E-state index contributed by atoms with van der Waals surface area (Å²) in [5.74, 6) is 1.02. The summed E-state index contributed by atoms with van der Waals surface area (Å²) in [4.78, 5) is 18.5. The molecule has 5 heteroatoms. The number of amides is 1. The predicted octanol–water partition coefficient (Wildman–Crippen LogP) is 0.689. The molecule has 2 N–H and O–H groups in total. The monoisotopic (exact) mass is 202 g/mol. The zero-order valence-electron chi connectivity index (χ0n) is 8.03. The van der Waals surface area contributed by atoms with E-state index in [1.165, 1.54) is 0 Å². The van der Waals surface area contributed by atoms with Crippen molar-refractivity contribution < 1.29 is 4.79 Å². The van der Waals surface area contributed by atoms with Crippen LogP contribution in [0.4, 0.5) is 0 Å². The first-order chi connectivity index (χ1) is 7.34. The van der Waals surface area contributed by atoms with Crippen LogP contribution in [-0.4, -0.2) is 21.6 Å². The number of carbonyl (C=O) groups excluding carboxylic acids is 1. The van der Waals surface area contributed by atoms with Crippen molar-refractivity contribution in [3.8, 4) is 0 Å². The first-order valence-corrected chi connectivity index (χ1v) is 4.94. The van der Waals surface area contributed by atoms with Crippen LogP contribution in [0.2, 0.25) is 0 Å². The van der Waals surface area contributed by atoms with Crippen LogP contribution >= 0.6 is 0 Å². The highest BCUT2D eigenvalue weighted by atomic mass is 16.2. The number of H-pyrrole nitrogens is 1. The third-order valence-electron chi connectivity index (χ3n) is 2.56. The molecule has 3 rings (SSSR count). The highest BCUT2D eigenvalue weighted by Gasteiger charge is 2.35. The lowest BCUT2D eigenvalue weighted by atomic mass is 10.1. The van der Waals surface area contributed by atoms with Crippen molar-refractivity contribution in [1.82, 2.24) is 15.4 Å². The van der Waals surface area contributed by atoms with E-state index in [0.29, 0.717) is 17.3 Å². The van der Waals surface area contributed by atoms with E-state index >= 15 is 0 Å². The quantitative estimate of drug-likeness (QED) is 0.692. The summed E-state index contributed by atoms with van der Waals surface area (Å²) in [6.45, 7) is 0. The second kappa shape index (κ2) is 3.05. The number of hydrogen-bond acceptors (Lipinski definition) is 3. The summed E-state index contributed by atoms with van der Waals surface area (Å²) < 4.78 is 0. The minimum atomic E-state index is -0.131. The van der Waals surface area contributed by atoms with Gasteiger partial charge in [-0.3, -0.25) is 4.79 Å². The van der Waals surface area contributed by atoms with Crippen molar-refractivity contribution in [3.63, 3.8) is 0 Å².